The predicted molar refractivity (Wildman–Crippen MR) is 340 cm³/mol. The van der Waals surface area contributed by atoms with Gasteiger partial charge in [-0.3, -0.25) is 43.5 Å². The normalized spacial score (nSPS) is 35.2. The van der Waals surface area contributed by atoms with Gasteiger partial charge in [-0.05, 0) is 36.1 Å². The molecule has 2 aromatic carbocycles. The molecule has 24 N–H and O–H groups in total. The van der Waals surface area contributed by atoms with E-state index in [4.69, 9.17) is 39.9 Å². The van der Waals surface area contributed by atoms with Crippen LogP contribution in [-0.4, -0.2) is 317 Å². The van der Waals surface area contributed by atoms with Crippen molar-refractivity contribution in [3.63, 3.8) is 0 Å². The van der Waals surface area contributed by atoms with Crippen LogP contribution in [0.3, 0.4) is 0 Å². The molecule has 6 aliphatic heterocycles. The number of hydrogen-bond acceptors (Lipinski definition) is 32. The summed E-state index contributed by atoms with van der Waals surface area (Å²) in [5.74, 6) is -10.1. The fourth-order valence-electron chi connectivity index (χ4n) is 12.5. The molecule has 0 bridgehead atoms. The van der Waals surface area contributed by atoms with Gasteiger partial charge in [0.15, 0.2) is 24.4 Å². The lowest BCUT2D eigenvalue weighted by molar-refractivity contribution is -0.352. The molecule has 8 rings (SSSR count). The predicted octanol–water partition coefficient (Wildman–Crippen LogP) is -10.8. The Morgan fingerprint density at radius 3 is 1.83 bits per heavy atom. The summed E-state index contributed by atoms with van der Waals surface area (Å²) in [6.07, 6.45) is -29.7. The molecule has 0 aromatic heterocycles. The van der Waals surface area contributed by atoms with E-state index < -0.39 is 252 Å². The van der Waals surface area contributed by atoms with Gasteiger partial charge in [-0.15, -0.1) is 0 Å². The first-order chi connectivity index (χ1) is 47.6. The van der Waals surface area contributed by atoms with Crippen LogP contribution in [-0.2, 0) is 63.7 Å². The summed E-state index contributed by atoms with van der Waals surface area (Å²) < 4.78 is 34.5. The number of hydrogen-bond donors (Lipinski definition) is 22. The van der Waals surface area contributed by atoms with E-state index in [1.807, 2.05) is 13.8 Å². The lowest BCUT2D eigenvalue weighted by atomic mass is 9.92. The molecule has 6 amide bonds. The van der Waals surface area contributed by atoms with E-state index in [1.54, 1.807) is 37.3 Å². The number of nitrogens with zero attached hydrogens (tertiary/aromatic N) is 3. The van der Waals surface area contributed by atoms with E-state index >= 15 is 9.59 Å². The van der Waals surface area contributed by atoms with Crippen LogP contribution in [0.1, 0.15) is 63.5 Å². The zero-order chi connectivity index (χ0) is 73.0. The van der Waals surface area contributed by atoms with Crippen LogP contribution in [0.15, 0.2) is 64.6 Å². The van der Waals surface area contributed by atoms with Crippen LogP contribution in [0.4, 0.5) is 0 Å². The number of esters is 1. The second kappa shape index (κ2) is 35.3. The van der Waals surface area contributed by atoms with Gasteiger partial charge in [-0.25, -0.2) is 0 Å². The van der Waals surface area contributed by atoms with E-state index in [-0.39, 0.29) is 23.8 Å². The molecule has 556 valence electrons. The van der Waals surface area contributed by atoms with Gasteiger partial charge in [0.25, 0.3) is 0 Å². The number of aliphatic hydroxyl groups excluding tert-OH is 13. The molecular formula is C62H92N12O26. The number of aliphatic imine (C=N–C) groups is 2. The van der Waals surface area contributed by atoms with Gasteiger partial charge in [0.05, 0.1) is 57.5 Å². The Bertz CT molecular complexity index is 3160. The number of benzene rings is 2. The average molecular weight is 1420 g/mol. The van der Waals surface area contributed by atoms with E-state index in [0.717, 1.165) is 4.90 Å². The van der Waals surface area contributed by atoms with Crippen LogP contribution in [0.2, 0.25) is 0 Å². The lowest BCUT2D eigenvalue weighted by Crippen LogP contribution is -2.70. The highest BCUT2D eigenvalue weighted by Gasteiger charge is 2.54. The average Bonchev–Trinajstić information content (AvgIpc) is 1.45. The van der Waals surface area contributed by atoms with Gasteiger partial charge in [0.2, 0.25) is 41.7 Å². The second-order valence-corrected chi connectivity index (χ2v) is 25.3. The quantitative estimate of drug-likeness (QED) is 0.0459. The summed E-state index contributed by atoms with van der Waals surface area (Å²) >= 11 is 0. The molecular weight excluding hydrogens is 1330 g/mol. The van der Waals surface area contributed by atoms with Crippen molar-refractivity contribution in [2.24, 2.45) is 27.4 Å². The SMILES string of the molecule is CCCC(CCC)C(=O)OC[C@H]1O[C@H](O[C@H]2[C@H](O)[C@H](O)[C@@H](Oc3ccc(C[C@H]4NC(=O)[C@H](C(C)c5ccccc5)NC(=O)CNC(=O)[C@H](CO)NC(=O)[C@@H](C(O)C5CN=C(N)N5[C@H]5O[C@H](CO)[C@@H](O)[C@H](O)[C@@H]5O)NC(=O)[C@H](C(O)C5CN=C(N)N5)NC4=O)cc3)O[C@@H]2CO)[C@@H](O)[C@@H](O)[C@@H]1O. The van der Waals surface area contributed by atoms with Gasteiger partial charge in [-0.1, -0.05) is 76.1 Å². The number of ether oxygens (including phenoxy) is 6. The number of amides is 6. The Morgan fingerprint density at radius 1 is 0.610 bits per heavy atom. The topological polar surface area (TPSA) is 602 Å². The molecule has 4 saturated heterocycles. The number of guanidine groups is 2. The molecule has 6 heterocycles. The van der Waals surface area contributed by atoms with Gasteiger partial charge >= 0.3 is 5.97 Å². The Balaban J connectivity index is 1.07. The number of carbonyl (C=O) groups is 7. The van der Waals surface area contributed by atoms with Crippen LogP contribution in [0.25, 0.3) is 0 Å². The Morgan fingerprint density at radius 2 is 1.20 bits per heavy atom. The van der Waals surface area contributed by atoms with Crippen LogP contribution in [0, 0.1) is 5.92 Å². The molecule has 6 aliphatic rings. The maximum absolute atomic E-state index is 15.2. The van der Waals surface area contributed by atoms with Gasteiger partial charge < -0.3 is 148 Å². The number of carbonyl (C=O) groups excluding carboxylic acids is 7. The monoisotopic (exact) mass is 1420 g/mol. The molecule has 0 aliphatic carbocycles. The highest BCUT2D eigenvalue weighted by molar-refractivity contribution is 5.98. The van der Waals surface area contributed by atoms with Crippen molar-refractivity contribution < 1.29 is 128 Å². The smallest absolute Gasteiger partial charge is 0.309 e. The highest BCUT2D eigenvalue weighted by Crippen LogP contribution is 2.33. The first-order valence-corrected chi connectivity index (χ1v) is 32.8. The van der Waals surface area contributed by atoms with Crippen LogP contribution < -0.4 is 53.4 Å². The van der Waals surface area contributed by atoms with E-state index in [2.05, 4.69) is 47.2 Å². The molecule has 38 nitrogen and oxygen atoms in total. The van der Waals surface area contributed by atoms with E-state index in [1.165, 1.54) is 24.3 Å². The molecule has 0 spiro atoms. The molecule has 0 radical (unpaired) electrons. The summed E-state index contributed by atoms with van der Waals surface area (Å²) in [5.41, 5.74) is 12.8. The minimum absolute atomic E-state index is 0.0823. The van der Waals surface area contributed by atoms with E-state index in [0.29, 0.717) is 31.2 Å². The number of aliphatic hydroxyl groups is 13. The maximum atomic E-state index is 15.2. The van der Waals surface area contributed by atoms with Crippen molar-refractivity contribution in [1.82, 2.24) is 42.1 Å². The van der Waals surface area contributed by atoms with Crippen molar-refractivity contribution in [2.45, 2.75) is 205 Å². The minimum Gasteiger partial charge on any atom is -0.463 e. The van der Waals surface area contributed by atoms with Gasteiger partial charge in [0, 0.05) is 12.3 Å². The Hall–Kier alpha value is -7.61. The Labute approximate surface area is 572 Å². The summed E-state index contributed by atoms with van der Waals surface area (Å²) in [7, 11) is 0. The van der Waals surface area contributed by atoms with Crippen molar-refractivity contribution in [2.75, 3.05) is 46.1 Å². The highest BCUT2D eigenvalue weighted by atomic mass is 16.7. The number of rotatable bonds is 23. The zero-order valence-corrected chi connectivity index (χ0v) is 54.8. The first kappa shape index (κ1) is 78.1. The molecule has 38 heteroatoms. The Kier molecular flexibility index (Phi) is 27.6. The summed E-state index contributed by atoms with van der Waals surface area (Å²) in [4.78, 5) is 109. The largest absolute Gasteiger partial charge is 0.463 e. The molecule has 0 saturated carbocycles. The summed E-state index contributed by atoms with van der Waals surface area (Å²) in [6.45, 7) is 0.0361. The fourth-order valence-corrected chi connectivity index (χ4v) is 12.5. The minimum atomic E-state index is -2.35. The van der Waals surface area contributed by atoms with Crippen molar-refractivity contribution in [1.29, 1.82) is 0 Å². The van der Waals surface area contributed by atoms with Gasteiger partial charge in [0.1, 0.15) is 128 Å². The van der Waals surface area contributed by atoms with Crippen molar-refractivity contribution in [3.05, 3.63) is 65.7 Å². The zero-order valence-electron chi connectivity index (χ0n) is 54.8. The van der Waals surface area contributed by atoms with Crippen molar-refractivity contribution in [3.8, 4) is 5.75 Å². The molecule has 2 aromatic rings. The molecule has 5 unspecified atom stereocenters. The van der Waals surface area contributed by atoms with Crippen LogP contribution >= 0.6 is 0 Å². The molecule has 100 heavy (non-hydrogen) atoms. The molecule has 4 fully saturated rings. The summed E-state index contributed by atoms with van der Waals surface area (Å²) in [6, 6.07) is 0.768. The molecule has 25 atom stereocenters. The first-order valence-electron chi connectivity index (χ1n) is 32.8. The maximum Gasteiger partial charge on any atom is 0.309 e. The summed E-state index contributed by atoms with van der Waals surface area (Å²) in [5, 5.41) is 160. The standard InChI is InChI=1S/C62H92N12O26/c1-4-9-28(10-5-2)58(94)95-24-36-44(82)46(84)49(87)60(99-36)100-51-35(23-77)98-59(50(88)47(51)85)96-29-15-13-26(14-16-29)17-30-53(90)72-39(41(79)31-18-66-61(63)70-31)56(93)73-40(42(80)33-19-67-62(64)74(33)57-48(86)45(83)43(81)34(22-76)97-57)55(92)69-32(21-75)52(89)65-20-37(78)71-38(54(91)68-30)25(3)27-11-7-6-8-12-27/h6-8,11-16,25,28,30-36,38-51,57,59-60,75-77,79-88H,4-5,9-10,17-24H2,1-3H3,(H2,64,67)(H,65,89)(H,68,91)(H,69,92)(H,71,78)(H,72,90)(H,73,93)(H3,63,66,70)/t25?,30-,31?,32+,33?,34-,35-,36-,38+,39+,40-,41?,42?,43-,44-,45+,46+,47-,48+,49+,50+,51-,57+,59+,60-/m1/s1. The third kappa shape index (κ3) is 18.4. The number of nitrogens with one attached hydrogen (secondary N) is 7. The third-order valence-electron chi connectivity index (χ3n) is 18.3. The number of nitrogens with two attached hydrogens (primary N) is 2. The fraction of sp³-hybridized carbons (Fsp3) is 0.661. The second-order valence-electron chi connectivity index (χ2n) is 25.3. The lowest BCUT2D eigenvalue weighted by Gasteiger charge is -2.46. The third-order valence-corrected chi connectivity index (χ3v) is 18.3. The van der Waals surface area contributed by atoms with E-state index in [9.17, 15) is 90.4 Å². The van der Waals surface area contributed by atoms with Crippen molar-refractivity contribution >= 4 is 53.3 Å². The van der Waals surface area contributed by atoms with Gasteiger partial charge in [-0.2, -0.15) is 0 Å². The van der Waals surface area contributed by atoms with Crippen LogP contribution in [0.5, 0.6) is 5.75 Å².